The van der Waals surface area contributed by atoms with Crippen molar-refractivity contribution in [3.8, 4) is 0 Å². The summed E-state index contributed by atoms with van der Waals surface area (Å²) < 4.78 is 6.60. The zero-order valence-corrected chi connectivity index (χ0v) is 5.86. The van der Waals surface area contributed by atoms with Crippen LogP contribution in [0, 0.1) is 0 Å². The molecule has 1 aromatic heterocycles. The van der Waals surface area contributed by atoms with Crippen molar-refractivity contribution in [3.05, 3.63) is 36.4 Å². The summed E-state index contributed by atoms with van der Waals surface area (Å²) in [4.78, 5) is 11.2. The highest BCUT2D eigenvalue weighted by Crippen LogP contribution is 2.07. The number of nitrogens with zero attached hydrogens (tertiary/aromatic N) is 1. The Bertz CT molecular complexity index is 312. The Balaban J connectivity index is 2.51. The van der Waals surface area contributed by atoms with Crippen LogP contribution in [0.1, 0.15) is 10.5 Å². The summed E-state index contributed by atoms with van der Waals surface area (Å²) >= 11 is 0. The van der Waals surface area contributed by atoms with Crippen molar-refractivity contribution in [1.29, 1.82) is 0 Å². The highest BCUT2D eigenvalue weighted by atomic mass is 16.5. The number of hydrogen-bond donors (Lipinski definition) is 0. The summed E-state index contributed by atoms with van der Waals surface area (Å²) in [7, 11) is 0. The van der Waals surface area contributed by atoms with Crippen molar-refractivity contribution in [1.82, 2.24) is 4.57 Å². The Morgan fingerprint density at radius 1 is 1.55 bits per heavy atom. The summed E-state index contributed by atoms with van der Waals surface area (Å²) in [5.74, 6) is -0.0532. The van der Waals surface area contributed by atoms with E-state index in [4.69, 9.17) is 4.74 Å². The van der Waals surface area contributed by atoms with Crippen LogP contribution in [0.4, 0.5) is 0 Å². The third-order valence-corrected chi connectivity index (χ3v) is 1.61. The fourth-order valence-corrected chi connectivity index (χ4v) is 1.07. The first-order valence-corrected chi connectivity index (χ1v) is 3.36. The predicted octanol–water partition coefficient (Wildman–Crippen LogP) is 1.17. The number of ether oxygens (including phenoxy) is 1. The molecule has 0 aromatic carbocycles. The van der Waals surface area contributed by atoms with Gasteiger partial charge in [0.1, 0.15) is 6.61 Å². The summed E-state index contributed by atoms with van der Waals surface area (Å²) in [5.41, 5.74) is 0.889. The van der Waals surface area contributed by atoms with E-state index >= 15 is 0 Å². The van der Waals surface area contributed by atoms with Crippen molar-refractivity contribution < 1.29 is 9.53 Å². The van der Waals surface area contributed by atoms with E-state index in [1.54, 1.807) is 10.8 Å². The van der Waals surface area contributed by atoms with Crippen LogP contribution in [0.5, 0.6) is 0 Å². The maximum Gasteiger partial charge on any atom is 0.257 e. The fourth-order valence-electron chi connectivity index (χ4n) is 1.07. The Labute approximate surface area is 63.9 Å². The third-order valence-electron chi connectivity index (χ3n) is 1.61. The minimum Gasteiger partial charge on any atom is -0.495 e. The molecule has 0 N–H and O–H groups in total. The molecule has 2 rings (SSSR count). The topological polar surface area (TPSA) is 31.2 Å². The van der Waals surface area contributed by atoms with Crippen LogP contribution in [0.2, 0.25) is 0 Å². The zero-order chi connectivity index (χ0) is 7.68. The maximum absolute atomic E-state index is 11.2. The van der Waals surface area contributed by atoms with E-state index in [0.29, 0.717) is 6.61 Å². The average molecular weight is 149 g/mol. The van der Waals surface area contributed by atoms with Crippen LogP contribution < -0.4 is 0 Å². The highest BCUT2D eigenvalue weighted by Gasteiger charge is 2.08. The molecule has 3 nitrogen and oxygen atoms in total. The first-order chi connectivity index (χ1) is 5.38. The van der Waals surface area contributed by atoms with Gasteiger partial charge in [-0.25, -0.2) is 0 Å². The Hall–Kier alpha value is -1.51. The van der Waals surface area contributed by atoms with Crippen LogP contribution in [0.15, 0.2) is 30.7 Å². The smallest absolute Gasteiger partial charge is 0.257 e. The maximum atomic E-state index is 11.2. The second-order valence-electron chi connectivity index (χ2n) is 2.32. The van der Waals surface area contributed by atoms with E-state index in [1.807, 2.05) is 12.1 Å². The lowest BCUT2D eigenvalue weighted by Gasteiger charge is -1.99. The second kappa shape index (κ2) is 2.27. The zero-order valence-electron chi connectivity index (χ0n) is 5.86. The van der Waals surface area contributed by atoms with Gasteiger partial charge < -0.3 is 4.74 Å². The third kappa shape index (κ3) is 0.941. The van der Waals surface area contributed by atoms with Gasteiger partial charge in [-0.05, 0) is 12.1 Å². The number of fused-ring (bicyclic) bond motifs is 1. The van der Waals surface area contributed by atoms with Crippen molar-refractivity contribution in [2.75, 3.05) is 0 Å². The lowest BCUT2D eigenvalue weighted by atomic mass is 10.4. The van der Waals surface area contributed by atoms with Crippen LogP contribution in [0.25, 0.3) is 0 Å². The van der Waals surface area contributed by atoms with E-state index in [0.717, 1.165) is 5.69 Å². The van der Waals surface area contributed by atoms with Gasteiger partial charge in [-0.3, -0.25) is 9.36 Å². The molecule has 0 atom stereocenters. The Morgan fingerprint density at radius 3 is 3.36 bits per heavy atom. The molecule has 1 aliphatic rings. The fraction of sp³-hybridized carbons (Fsp3) is 0.125. The van der Waals surface area contributed by atoms with Crippen molar-refractivity contribution in [3.63, 3.8) is 0 Å². The van der Waals surface area contributed by atoms with Crippen LogP contribution in [-0.2, 0) is 11.3 Å². The molecule has 0 amide bonds. The van der Waals surface area contributed by atoms with E-state index in [1.165, 1.54) is 12.3 Å². The number of carbonyl (C=O) groups is 1. The molecule has 56 valence electrons. The molecule has 0 spiro atoms. The largest absolute Gasteiger partial charge is 0.495 e. The van der Waals surface area contributed by atoms with E-state index in [9.17, 15) is 4.79 Å². The van der Waals surface area contributed by atoms with E-state index in [-0.39, 0.29) is 5.91 Å². The Morgan fingerprint density at radius 2 is 2.45 bits per heavy atom. The molecule has 3 heteroatoms. The number of hydrogen-bond acceptors (Lipinski definition) is 2. The number of aromatic nitrogens is 1. The minimum atomic E-state index is -0.0532. The molecular formula is C8H7NO2. The molecule has 1 aliphatic heterocycles. The minimum absolute atomic E-state index is 0.0532. The molecule has 0 bridgehead atoms. The normalized spacial score (nSPS) is 15.5. The van der Waals surface area contributed by atoms with Gasteiger partial charge in [-0.2, -0.15) is 0 Å². The number of allylic oxidation sites excluding steroid dienone is 1. The molecule has 0 fully saturated rings. The van der Waals surface area contributed by atoms with Gasteiger partial charge in [0.2, 0.25) is 0 Å². The standard InChI is InChI=1S/C8H7NO2/c10-8-3-5-11-6-7-2-1-4-9(7)8/h1-5H,6H2. The molecule has 1 aromatic rings. The van der Waals surface area contributed by atoms with Crippen molar-refractivity contribution in [2.24, 2.45) is 0 Å². The predicted molar refractivity (Wildman–Crippen MR) is 39.0 cm³/mol. The quantitative estimate of drug-likeness (QED) is 0.554. The summed E-state index contributed by atoms with van der Waals surface area (Å²) in [6.45, 7) is 0.468. The lowest BCUT2D eigenvalue weighted by Crippen LogP contribution is -2.07. The van der Waals surface area contributed by atoms with Gasteiger partial charge in [-0.15, -0.1) is 0 Å². The van der Waals surface area contributed by atoms with E-state index in [2.05, 4.69) is 0 Å². The van der Waals surface area contributed by atoms with Crippen LogP contribution in [0.3, 0.4) is 0 Å². The van der Waals surface area contributed by atoms with Crippen LogP contribution in [-0.4, -0.2) is 10.5 Å². The molecule has 0 aliphatic carbocycles. The van der Waals surface area contributed by atoms with Gasteiger partial charge in [-0.1, -0.05) is 0 Å². The van der Waals surface area contributed by atoms with Gasteiger partial charge in [0, 0.05) is 12.3 Å². The van der Waals surface area contributed by atoms with Crippen LogP contribution >= 0.6 is 0 Å². The molecule has 2 heterocycles. The first kappa shape index (κ1) is 6.22. The highest BCUT2D eigenvalue weighted by molar-refractivity contribution is 5.90. The second-order valence-corrected chi connectivity index (χ2v) is 2.32. The van der Waals surface area contributed by atoms with Gasteiger partial charge >= 0.3 is 0 Å². The van der Waals surface area contributed by atoms with Gasteiger partial charge in [0.15, 0.2) is 0 Å². The van der Waals surface area contributed by atoms with Gasteiger partial charge in [0.25, 0.3) is 5.91 Å². The van der Waals surface area contributed by atoms with E-state index < -0.39 is 0 Å². The molecule has 0 saturated heterocycles. The first-order valence-electron chi connectivity index (χ1n) is 3.36. The summed E-state index contributed by atoms with van der Waals surface area (Å²) in [6, 6.07) is 3.70. The Kier molecular flexibility index (Phi) is 1.28. The van der Waals surface area contributed by atoms with Crippen molar-refractivity contribution in [2.45, 2.75) is 6.61 Å². The lowest BCUT2D eigenvalue weighted by molar-refractivity contribution is 0.0967. The molecule has 0 unspecified atom stereocenters. The number of carbonyl (C=O) groups excluding carboxylic acids is 1. The average Bonchev–Trinajstić information content (AvgIpc) is 2.40. The van der Waals surface area contributed by atoms with Gasteiger partial charge in [0.05, 0.1) is 12.0 Å². The summed E-state index contributed by atoms with van der Waals surface area (Å²) in [6.07, 6.45) is 4.57. The molecule has 0 saturated carbocycles. The monoisotopic (exact) mass is 149 g/mol. The molecular weight excluding hydrogens is 142 g/mol. The van der Waals surface area contributed by atoms with Crippen molar-refractivity contribution >= 4 is 5.91 Å². The molecule has 11 heavy (non-hydrogen) atoms. The summed E-state index contributed by atoms with van der Waals surface area (Å²) in [5, 5.41) is 0. The molecule has 0 radical (unpaired) electrons. The number of rotatable bonds is 0. The SMILES string of the molecule is O=C1C=COCc2cccn21.